The van der Waals surface area contributed by atoms with Gasteiger partial charge in [-0.3, -0.25) is 15.0 Å². The highest BCUT2D eigenvalue weighted by Gasteiger charge is 2.19. The molecule has 1 saturated heterocycles. The molecule has 1 heterocycles. The molecule has 2 aromatic rings. The van der Waals surface area contributed by atoms with Crippen LogP contribution in [0.15, 0.2) is 54.6 Å². The zero-order valence-corrected chi connectivity index (χ0v) is 15.2. The Kier molecular flexibility index (Phi) is 6.14. The molecule has 7 heteroatoms. The molecule has 0 aliphatic carbocycles. The van der Waals surface area contributed by atoms with Gasteiger partial charge in [-0.25, -0.2) is 0 Å². The second kappa shape index (κ2) is 8.73. The van der Waals surface area contributed by atoms with Gasteiger partial charge in [-0.1, -0.05) is 30.3 Å². The van der Waals surface area contributed by atoms with E-state index in [0.717, 1.165) is 38.2 Å². The lowest BCUT2D eigenvalue weighted by molar-refractivity contribution is -0.384. The van der Waals surface area contributed by atoms with Gasteiger partial charge in [0, 0.05) is 43.5 Å². The Balaban J connectivity index is 1.42. The van der Waals surface area contributed by atoms with E-state index >= 15 is 0 Å². The molecule has 3 rings (SSSR count). The van der Waals surface area contributed by atoms with Crippen LogP contribution in [0.1, 0.15) is 18.4 Å². The van der Waals surface area contributed by atoms with Crippen LogP contribution >= 0.6 is 12.2 Å². The van der Waals surface area contributed by atoms with E-state index in [9.17, 15) is 10.1 Å². The molecule has 26 heavy (non-hydrogen) atoms. The van der Waals surface area contributed by atoms with Gasteiger partial charge in [-0.2, -0.15) is 0 Å². The smallest absolute Gasteiger partial charge is 0.269 e. The summed E-state index contributed by atoms with van der Waals surface area (Å²) in [5, 5.41) is 17.7. The van der Waals surface area contributed by atoms with E-state index < -0.39 is 4.92 Å². The molecule has 0 spiro atoms. The third kappa shape index (κ3) is 5.24. The number of thiocarbonyl (C=S) groups is 1. The fourth-order valence-electron chi connectivity index (χ4n) is 3.10. The van der Waals surface area contributed by atoms with Crippen molar-refractivity contribution in [3.8, 4) is 0 Å². The maximum atomic E-state index is 10.7. The first-order valence-corrected chi connectivity index (χ1v) is 9.09. The summed E-state index contributed by atoms with van der Waals surface area (Å²) in [4.78, 5) is 12.7. The lowest BCUT2D eigenvalue weighted by Crippen LogP contribution is -2.45. The van der Waals surface area contributed by atoms with E-state index in [4.69, 9.17) is 12.2 Å². The Labute approximate surface area is 158 Å². The highest BCUT2D eigenvalue weighted by Crippen LogP contribution is 2.16. The first-order chi connectivity index (χ1) is 12.6. The van der Waals surface area contributed by atoms with E-state index in [1.54, 1.807) is 12.1 Å². The fourth-order valence-corrected chi connectivity index (χ4v) is 3.38. The molecule has 0 radical (unpaired) electrons. The van der Waals surface area contributed by atoms with E-state index in [1.807, 2.05) is 6.07 Å². The average molecular weight is 370 g/mol. The molecule has 0 amide bonds. The summed E-state index contributed by atoms with van der Waals surface area (Å²) in [5.41, 5.74) is 2.16. The highest BCUT2D eigenvalue weighted by molar-refractivity contribution is 7.80. The van der Waals surface area contributed by atoms with Crippen molar-refractivity contribution in [2.45, 2.75) is 25.4 Å². The molecule has 0 bridgehead atoms. The number of nitro benzene ring substituents is 1. The van der Waals surface area contributed by atoms with Crippen molar-refractivity contribution in [2.75, 3.05) is 18.4 Å². The topological polar surface area (TPSA) is 70.4 Å². The van der Waals surface area contributed by atoms with Gasteiger partial charge in [0.1, 0.15) is 0 Å². The van der Waals surface area contributed by atoms with Gasteiger partial charge in [-0.05, 0) is 42.8 Å². The molecular weight excluding hydrogens is 348 g/mol. The third-order valence-corrected chi connectivity index (χ3v) is 4.73. The first-order valence-electron chi connectivity index (χ1n) is 8.68. The number of nitrogens with zero attached hydrogens (tertiary/aromatic N) is 2. The number of likely N-dealkylation sites (tertiary alicyclic amines) is 1. The number of anilines is 1. The highest BCUT2D eigenvalue weighted by atomic mass is 32.1. The van der Waals surface area contributed by atoms with Gasteiger partial charge in [0.2, 0.25) is 0 Å². The van der Waals surface area contributed by atoms with Crippen LogP contribution in [0.2, 0.25) is 0 Å². The number of hydrogen-bond acceptors (Lipinski definition) is 4. The molecule has 1 aliphatic heterocycles. The Morgan fingerprint density at radius 1 is 1.12 bits per heavy atom. The van der Waals surface area contributed by atoms with Gasteiger partial charge in [0.15, 0.2) is 5.11 Å². The third-order valence-electron chi connectivity index (χ3n) is 4.51. The molecule has 1 aliphatic rings. The molecule has 0 saturated carbocycles. The number of benzene rings is 2. The fraction of sp³-hybridized carbons (Fsp3) is 0.316. The maximum absolute atomic E-state index is 10.7. The van der Waals surface area contributed by atoms with Crippen molar-refractivity contribution in [1.29, 1.82) is 0 Å². The van der Waals surface area contributed by atoms with Gasteiger partial charge >= 0.3 is 0 Å². The van der Waals surface area contributed by atoms with Crippen LogP contribution in [0.3, 0.4) is 0 Å². The Hall–Kier alpha value is -2.51. The van der Waals surface area contributed by atoms with E-state index in [-0.39, 0.29) is 5.69 Å². The predicted octanol–water partition coefficient (Wildman–Crippen LogP) is 3.55. The number of rotatable bonds is 5. The minimum Gasteiger partial charge on any atom is -0.360 e. The maximum Gasteiger partial charge on any atom is 0.269 e. The van der Waals surface area contributed by atoms with Gasteiger partial charge in [0.25, 0.3) is 5.69 Å². The molecule has 0 atom stereocenters. The quantitative estimate of drug-likeness (QED) is 0.477. The van der Waals surface area contributed by atoms with E-state index in [2.05, 4.69) is 39.8 Å². The van der Waals surface area contributed by atoms with Crippen LogP contribution in [-0.4, -0.2) is 34.1 Å². The van der Waals surface area contributed by atoms with Crippen molar-refractivity contribution in [3.63, 3.8) is 0 Å². The van der Waals surface area contributed by atoms with Gasteiger partial charge in [0.05, 0.1) is 4.92 Å². The number of nitrogens with one attached hydrogen (secondary N) is 2. The van der Waals surface area contributed by atoms with E-state index in [0.29, 0.717) is 11.2 Å². The lowest BCUT2D eigenvalue weighted by Gasteiger charge is -2.33. The summed E-state index contributed by atoms with van der Waals surface area (Å²) in [6, 6.07) is 17.1. The van der Waals surface area contributed by atoms with Crippen molar-refractivity contribution in [2.24, 2.45) is 0 Å². The Morgan fingerprint density at radius 2 is 1.77 bits per heavy atom. The molecule has 6 nitrogen and oxygen atoms in total. The normalized spacial score (nSPS) is 15.4. The number of non-ortho nitro benzene ring substituents is 1. The SMILES string of the molecule is O=[N+]([O-])c1ccc(NC(=S)NC2CCN(Cc3ccccc3)CC2)cc1. The van der Waals surface area contributed by atoms with Crippen molar-refractivity contribution in [3.05, 3.63) is 70.3 Å². The van der Waals surface area contributed by atoms with Crippen molar-refractivity contribution >= 4 is 28.7 Å². The molecule has 136 valence electrons. The summed E-state index contributed by atoms with van der Waals surface area (Å²) in [7, 11) is 0. The van der Waals surface area contributed by atoms with Crippen LogP contribution in [0.25, 0.3) is 0 Å². The van der Waals surface area contributed by atoms with Gasteiger partial charge in [-0.15, -0.1) is 0 Å². The standard InChI is InChI=1S/C19H22N4O2S/c24-23(25)18-8-6-16(7-9-18)20-19(26)21-17-10-12-22(13-11-17)14-15-4-2-1-3-5-15/h1-9,17H,10-14H2,(H2,20,21,26). The minimum absolute atomic E-state index is 0.0696. The summed E-state index contributed by atoms with van der Waals surface area (Å²) in [5.74, 6) is 0. The van der Waals surface area contributed by atoms with E-state index in [1.165, 1.54) is 17.7 Å². The first kappa shape index (κ1) is 18.3. The largest absolute Gasteiger partial charge is 0.360 e. The molecule has 2 N–H and O–H groups in total. The zero-order chi connectivity index (χ0) is 18.4. The second-order valence-corrected chi connectivity index (χ2v) is 6.85. The summed E-state index contributed by atoms with van der Waals surface area (Å²) in [6.45, 7) is 3.05. The van der Waals surface area contributed by atoms with Crippen LogP contribution in [0.5, 0.6) is 0 Å². The number of hydrogen-bond donors (Lipinski definition) is 2. The summed E-state index contributed by atoms with van der Waals surface area (Å²) in [6.07, 6.45) is 2.07. The van der Waals surface area contributed by atoms with Crippen LogP contribution in [0.4, 0.5) is 11.4 Å². The van der Waals surface area contributed by atoms with Crippen LogP contribution in [-0.2, 0) is 6.54 Å². The molecule has 1 fully saturated rings. The van der Waals surface area contributed by atoms with Gasteiger partial charge < -0.3 is 10.6 Å². The Morgan fingerprint density at radius 3 is 2.38 bits per heavy atom. The monoisotopic (exact) mass is 370 g/mol. The van der Waals surface area contributed by atoms with Crippen molar-refractivity contribution in [1.82, 2.24) is 10.2 Å². The molecule has 0 aromatic heterocycles. The summed E-state index contributed by atoms with van der Waals surface area (Å²) < 4.78 is 0. The molecular formula is C19H22N4O2S. The van der Waals surface area contributed by atoms with Crippen molar-refractivity contribution < 1.29 is 4.92 Å². The summed E-state index contributed by atoms with van der Waals surface area (Å²) >= 11 is 5.37. The number of piperidine rings is 1. The minimum atomic E-state index is -0.413. The average Bonchev–Trinajstić information content (AvgIpc) is 2.64. The van der Waals surface area contributed by atoms with Crippen LogP contribution < -0.4 is 10.6 Å². The Bertz CT molecular complexity index is 744. The predicted molar refractivity (Wildman–Crippen MR) is 107 cm³/mol. The van der Waals surface area contributed by atoms with Crippen LogP contribution in [0, 0.1) is 10.1 Å². The lowest BCUT2D eigenvalue weighted by atomic mass is 10.0. The zero-order valence-electron chi connectivity index (χ0n) is 14.4. The molecule has 2 aromatic carbocycles. The second-order valence-electron chi connectivity index (χ2n) is 6.44. The number of nitro groups is 1. The molecule has 0 unspecified atom stereocenters.